The van der Waals surface area contributed by atoms with Gasteiger partial charge in [0, 0.05) is 44.6 Å². The van der Waals surface area contributed by atoms with Gasteiger partial charge in [-0.25, -0.2) is 14.8 Å². The lowest BCUT2D eigenvalue weighted by molar-refractivity contribution is -0.138. The van der Waals surface area contributed by atoms with E-state index in [0.717, 1.165) is 11.0 Å². The summed E-state index contributed by atoms with van der Waals surface area (Å²) in [6.45, 7) is 3.62. The number of carbonyl (C=O) groups is 1. The average molecular weight is 515 g/mol. The standard InChI is InChI=1S/C24H25F3N8O2/c1-14-8-23(3-5-34(6-4-23)18-11-30-20-19(32-18)15(9-28)10-29-20)35(12-14)22(37)31-17-7-16(24(25,26)27)13-33(2)21(17)36/h7,10-11,13-14H,3-6,8,12H2,1-2H3,(H,29,30)(H,31,37). The molecule has 2 aliphatic rings. The van der Waals surface area contributed by atoms with E-state index in [1.54, 1.807) is 17.3 Å². The number of anilines is 2. The third-order valence-electron chi connectivity index (χ3n) is 7.30. The molecule has 2 amide bonds. The van der Waals surface area contributed by atoms with Gasteiger partial charge in [0.2, 0.25) is 0 Å². The summed E-state index contributed by atoms with van der Waals surface area (Å²) in [5.41, 5.74) is -1.18. The maximum atomic E-state index is 13.3. The fourth-order valence-electron chi connectivity index (χ4n) is 5.51. The number of alkyl halides is 3. The van der Waals surface area contributed by atoms with Gasteiger partial charge in [-0.1, -0.05) is 6.92 Å². The molecule has 2 aliphatic heterocycles. The lowest BCUT2D eigenvalue weighted by atomic mass is 9.83. The Morgan fingerprint density at radius 2 is 2.05 bits per heavy atom. The highest BCUT2D eigenvalue weighted by Crippen LogP contribution is 2.42. The van der Waals surface area contributed by atoms with Crippen LogP contribution in [-0.4, -0.2) is 55.6 Å². The SMILES string of the molecule is CC1CN(C(=O)Nc2cc(C(F)(F)F)cn(C)c2=O)C2(CCN(c3cnc4[nH]cc(C#N)c4n3)CC2)C1. The number of rotatable bonds is 2. The maximum Gasteiger partial charge on any atom is 0.417 e. The van der Waals surface area contributed by atoms with E-state index in [2.05, 4.69) is 26.3 Å². The van der Waals surface area contributed by atoms with Crippen LogP contribution in [0.3, 0.4) is 0 Å². The lowest BCUT2D eigenvalue weighted by Crippen LogP contribution is -2.55. The molecule has 5 rings (SSSR count). The zero-order valence-electron chi connectivity index (χ0n) is 20.3. The quantitative estimate of drug-likeness (QED) is 0.540. The van der Waals surface area contributed by atoms with Gasteiger partial charge < -0.3 is 24.7 Å². The molecule has 0 aromatic carbocycles. The molecule has 3 aromatic heterocycles. The second-order valence-electron chi connectivity index (χ2n) is 9.86. The number of fused-ring (bicyclic) bond motifs is 1. The van der Waals surface area contributed by atoms with Crippen molar-refractivity contribution in [3.05, 3.63) is 46.1 Å². The number of nitrogens with zero attached hydrogens (tertiary/aromatic N) is 6. The van der Waals surface area contributed by atoms with Gasteiger partial charge in [0.1, 0.15) is 23.1 Å². The highest BCUT2D eigenvalue weighted by molar-refractivity contribution is 5.90. The number of pyridine rings is 1. The number of hydrogen-bond acceptors (Lipinski definition) is 6. The summed E-state index contributed by atoms with van der Waals surface area (Å²) < 4.78 is 40.6. The van der Waals surface area contributed by atoms with Crippen LogP contribution in [0.4, 0.5) is 29.5 Å². The van der Waals surface area contributed by atoms with Crippen molar-refractivity contribution in [3.63, 3.8) is 0 Å². The summed E-state index contributed by atoms with van der Waals surface area (Å²) in [6, 6.07) is 2.19. The van der Waals surface area contributed by atoms with Crippen molar-refractivity contribution in [1.29, 1.82) is 5.26 Å². The number of nitriles is 1. The highest BCUT2D eigenvalue weighted by Gasteiger charge is 2.48. The van der Waals surface area contributed by atoms with Gasteiger partial charge in [0.15, 0.2) is 5.65 Å². The van der Waals surface area contributed by atoms with Crippen LogP contribution in [0.2, 0.25) is 0 Å². The van der Waals surface area contributed by atoms with Gasteiger partial charge in [0.25, 0.3) is 5.56 Å². The van der Waals surface area contributed by atoms with Crippen LogP contribution in [0.25, 0.3) is 11.2 Å². The first kappa shape index (κ1) is 24.6. The monoisotopic (exact) mass is 514 g/mol. The van der Waals surface area contributed by atoms with Crippen LogP contribution in [-0.2, 0) is 13.2 Å². The van der Waals surface area contributed by atoms with Crippen molar-refractivity contribution >= 4 is 28.7 Å². The first-order valence-corrected chi connectivity index (χ1v) is 11.9. The number of amides is 2. The van der Waals surface area contributed by atoms with Crippen LogP contribution >= 0.6 is 0 Å². The van der Waals surface area contributed by atoms with E-state index >= 15 is 0 Å². The van der Waals surface area contributed by atoms with Crippen molar-refractivity contribution in [2.24, 2.45) is 13.0 Å². The van der Waals surface area contributed by atoms with Crippen LogP contribution in [0, 0.1) is 17.2 Å². The van der Waals surface area contributed by atoms with E-state index in [1.165, 1.54) is 7.05 Å². The number of aromatic amines is 1. The number of H-pyrrole nitrogens is 1. The Morgan fingerprint density at radius 1 is 1.32 bits per heavy atom. The third-order valence-corrected chi connectivity index (χ3v) is 7.30. The molecule has 1 spiro atoms. The van der Waals surface area contributed by atoms with Crippen molar-refractivity contribution in [2.45, 2.75) is 37.9 Å². The van der Waals surface area contributed by atoms with Gasteiger partial charge in [-0.05, 0) is 31.2 Å². The fraction of sp³-hybridized carbons (Fsp3) is 0.458. The summed E-state index contributed by atoms with van der Waals surface area (Å²) in [7, 11) is 1.22. The zero-order valence-corrected chi connectivity index (χ0v) is 20.3. The van der Waals surface area contributed by atoms with Gasteiger partial charge >= 0.3 is 12.2 Å². The van der Waals surface area contributed by atoms with Crippen molar-refractivity contribution in [1.82, 2.24) is 24.4 Å². The first-order valence-electron chi connectivity index (χ1n) is 11.9. The van der Waals surface area contributed by atoms with Gasteiger partial charge in [-0.2, -0.15) is 18.4 Å². The number of halogens is 3. The van der Waals surface area contributed by atoms with E-state index in [9.17, 15) is 28.0 Å². The molecule has 2 saturated heterocycles. The van der Waals surface area contributed by atoms with Gasteiger partial charge in [-0.3, -0.25) is 4.79 Å². The number of piperidine rings is 1. The van der Waals surface area contributed by atoms with Crippen LogP contribution < -0.4 is 15.8 Å². The van der Waals surface area contributed by atoms with E-state index in [4.69, 9.17) is 0 Å². The Kier molecular flexibility index (Phi) is 5.85. The summed E-state index contributed by atoms with van der Waals surface area (Å²) in [4.78, 5) is 41.4. The molecular formula is C24H25F3N8O2. The van der Waals surface area contributed by atoms with Crippen molar-refractivity contribution in [2.75, 3.05) is 29.9 Å². The largest absolute Gasteiger partial charge is 0.417 e. The minimum absolute atomic E-state index is 0.191. The second kappa shape index (κ2) is 8.79. The Bertz CT molecular complexity index is 1460. The van der Waals surface area contributed by atoms with Gasteiger partial charge in [0.05, 0.1) is 17.3 Å². The normalized spacial score (nSPS) is 19.4. The number of urea groups is 1. The van der Waals surface area contributed by atoms with E-state index in [0.29, 0.717) is 67.3 Å². The number of aryl methyl sites for hydroxylation is 1. The van der Waals surface area contributed by atoms with E-state index in [1.807, 2.05) is 11.8 Å². The van der Waals surface area contributed by atoms with E-state index in [-0.39, 0.29) is 5.92 Å². The predicted octanol–water partition coefficient (Wildman–Crippen LogP) is 3.46. The molecule has 3 aromatic rings. The summed E-state index contributed by atoms with van der Waals surface area (Å²) >= 11 is 0. The smallest absolute Gasteiger partial charge is 0.355 e. The van der Waals surface area contributed by atoms with Crippen molar-refractivity contribution in [3.8, 4) is 6.07 Å². The molecule has 0 bridgehead atoms. The fourth-order valence-corrected chi connectivity index (χ4v) is 5.51. The Balaban J connectivity index is 1.35. The summed E-state index contributed by atoms with van der Waals surface area (Å²) in [5, 5.41) is 11.7. The molecule has 1 atom stereocenters. The lowest BCUT2D eigenvalue weighted by Gasteiger charge is -2.45. The molecule has 5 heterocycles. The molecule has 13 heteroatoms. The Labute approximate surface area is 209 Å². The average Bonchev–Trinajstić information content (AvgIpc) is 3.41. The summed E-state index contributed by atoms with van der Waals surface area (Å²) in [6.07, 6.45) is 1.24. The van der Waals surface area contributed by atoms with Crippen molar-refractivity contribution < 1.29 is 18.0 Å². The molecule has 2 N–H and O–H groups in total. The Morgan fingerprint density at radius 3 is 2.73 bits per heavy atom. The number of hydrogen-bond donors (Lipinski definition) is 2. The van der Waals surface area contributed by atoms with Crippen LogP contribution in [0.5, 0.6) is 0 Å². The molecule has 10 nitrogen and oxygen atoms in total. The molecule has 2 fully saturated rings. The van der Waals surface area contributed by atoms with Crippen LogP contribution in [0.1, 0.15) is 37.3 Å². The predicted molar refractivity (Wildman–Crippen MR) is 129 cm³/mol. The molecule has 194 valence electrons. The minimum Gasteiger partial charge on any atom is -0.355 e. The second-order valence-corrected chi connectivity index (χ2v) is 9.86. The number of nitrogens with one attached hydrogen (secondary N) is 2. The maximum absolute atomic E-state index is 13.3. The minimum atomic E-state index is -4.65. The molecular weight excluding hydrogens is 489 g/mol. The van der Waals surface area contributed by atoms with Gasteiger partial charge in [-0.15, -0.1) is 0 Å². The topological polar surface area (TPSA) is 123 Å². The zero-order chi connectivity index (χ0) is 26.5. The third kappa shape index (κ3) is 4.36. The number of aromatic nitrogens is 4. The molecule has 0 radical (unpaired) electrons. The van der Waals surface area contributed by atoms with E-state index < -0.39 is 34.6 Å². The molecule has 1 unspecified atom stereocenters. The molecule has 0 saturated carbocycles. The first-order chi connectivity index (χ1) is 17.5. The molecule has 0 aliphatic carbocycles. The number of likely N-dealkylation sites (tertiary alicyclic amines) is 1. The summed E-state index contributed by atoms with van der Waals surface area (Å²) in [5.74, 6) is 0.823. The van der Waals surface area contributed by atoms with Crippen LogP contribution in [0.15, 0.2) is 29.5 Å². The highest BCUT2D eigenvalue weighted by atomic mass is 19.4. The number of carbonyl (C=O) groups excluding carboxylic acids is 1. The Hall–Kier alpha value is -4.08. The molecule has 37 heavy (non-hydrogen) atoms.